The Labute approximate surface area is 115 Å². The van der Waals surface area contributed by atoms with Crippen LogP contribution in [0.15, 0.2) is 24.4 Å². The topological polar surface area (TPSA) is 34.2 Å². The second kappa shape index (κ2) is 5.25. The average molecular weight is 257 g/mol. The van der Waals surface area contributed by atoms with E-state index in [-0.39, 0.29) is 0 Å². The molecule has 3 heteroatoms. The van der Waals surface area contributed by atoms with Crippen LogP contribution in [0.2, 0.25) is 0 Å². The maximum atomic E-state index is 6.09. The molecule has 0 unspecified atom stereocenters. The first-order valence-electron chi connectivity index (χ1n) is 7.30. The summed E-state index contributed by atoms with van der Waals surface area (Å²) < 4.78 is 2.16. The van der Waals surface area contributed by atoms with Crippen LogP contribution in [-0.2, 0) is 13.6 Å². The minimum atomic E-state index is 0.877. The lowest BCUT2D eigenvalue weighted by Crippen LogP contribution is -2.23. The average Bonchev–Trinajstić information content (AvgIpc) is 2.58. The molecule has 3 rings (SSSR count). The van der Waals surface area contributed by atoms with Crippen LogP contribution in [0.4, 0.5) is 5.69 Å². The van der Waals surface area contributed by atoms with Gasteiger partial charge in [-0.15, -0.1) is 0 Å². The van der Waals surface area contributed by atoms with Gasteiger partial charge in [0.1, 0.15) is 0 Å². The predicted octanol–water partition coefficient (Wildman–Crippen LogP) is 3.14. The summed E-state index contributed by atoms with van der Waals surface area (Å²) >= 11 is 0. The van der Waals surface area contributed by atoms with Crippen LogP contribution in [0.25, 0.3) is 10.9 Å². The lowest BCUT2D eigenvalue weighted by atomic mass is 10.1. The lowest BCUT2D eigenvalue weighted by Gasteiger charge is -2.19. The van der Waals surface area contributed by atoms with E-state index in [9.17, 15) is 0 Å². The molecule has 102 valence electrons. The summed E-state index contributed by atoms with van der Waals surface area (Å²) in [4.78, 5) is 2.59. The van der Waals surface area contributed by atoms with E-state index in [0.717, 1.165) is 12.2 Å². The van der Waals surface area contributed by atoms with Gasteiger partial charge in [0.05, 0.1) is 11.2 Å². The van der Waals surface area contributed by atoms with Crippen LogP contribution in [0.5, 0.6) is 0 Å². The zero-order valence-electron chi connectivity index (χ0n) is 11.7. The summed E-state index contributed by atoms with van der Waals surface area (Å²) in [5, 5.41) is 1.31. The van der Waals surface area contributed by atoms with Gasteiger partial charge in [-0.05, 0) is 37.6 Å². The molecular formula is C16H23N3. The van der Waals surface area contributed by atoms with Gasteiger partial charge in [-0.2, -0.15) is 0 Å². The summed E-state index contributed by atoms with van der Waals surface area (Å²) in [7, 11) is 2.09. The number of rotatable bonds is 2. The fourth-order valence-electron chi connectivity index (χ4n) is 3.24. The second-order valence-electron chi connectivity index (χ2n) is 5.70. The Balaban J connectivity index is 1.90. The van der Waals surface area contributed by atoms with Crippen molar-refractivity contribution >= 4 is 16.6 Å². The van der Waals surface area contributed by atoms with Gasteiger partial charge in [0.15, 0.2) is 0 Å². The van der Waals surface area contributed by atoms with E-state index in [2.05, 4.69) is 34.8 Å². The number of hydrogen-bond acceptors (Lipinski definition) is 2. The first-order valence-corrected chi connectivity index (χ1v) is 7.30. The molecule has 0 aliphatic carbocycles. The Kier molecular flexibility index (Phi) is 3.47. The minimum absolute atomic E-state index is 0.877. The van der Waals surface area contributed by atoms with Crippen molar-refractivity contribution < 1.29 is 0 Å². The number of para-hydroxylation sites is 1. The maximum Gasteiger partial charge on any atom is 0.0714 e. The molecule has 0 saturated carbocycles. The van der Waals surface area contributed by atoms with Crippen molar-refractivity contribution in [2.75, 3.05) is 18.8 Å². The molecule has 1 aromatic heterocycles. The Morgan fingerprint density at radius 3 is 2.58 bits per heavy atom. The highest BCUT2D eigenvalue weighted by Gasteiger charge is 2.14. The maximum absolute atomic E-state index is 6.09. The SMILES string of the molecule is Cn1cc(CN2CCCCCC2)c2cccc(N)c21. The molecule has 0 spiro atoms. The number of hydrogen-bond donors (Lipinski definition) is 1. The number of benzene rings is 1. The molecule has 2 N–H and O–H groups in total. The molecule has 1 saturated heterocycles. The summed E-state index contributed by atoms with van der Waals surface area (Å²) in [5.74, 6) is 0. The summed E-state index contributed by atoms with van der Waals surface area (Å²) in [6, 6.07) is 6.24. The molecule has 0 atom stereocenters. The van der Waals surface area contributed by atoms with E-state index in [1.807, 2.05) is 6.07 Å². The van der Waals surface area contributed by atoms with Crippen LogP contribution in [-0.4, -0.2) is 22.6 Å². The highest BCUT2D eigenvalue weighted by Crippen LogP contribution is 2.27. The first-order chi connectivity index (χ1) is 9.25. The van der Waals surface area contributed by atoms with Crippen LogP contribution in [0.3, 0.4) is 0 Å². The number of aromatic nitrogens is 1. The van der Waals surface area contributed by atoms with E-state index < -0.39 is 0 Å². The number of anilines is 1. The van der Waals surface area contributed by atoms with Crippen molar-refractivity contribution in [1.29, 1.82) is 0 Å². The monoisotopic (exact) mass is 257 g/mol. The standard InChI is InChI=1S/C16H23N3/c1-18-11-13(12-19-9-4-2-3-5-10-19)14-7-6-8-15(17)16(14)18/h6-8,11H,2-5,9-10,12,17H2,1H3. The molecule has 1 aromatic carbocycles. The fourth-order valence-corrected chi connectivity index (χ4v) is 3.24. The molecule has 3 nitrogen and oxygen atoms in total. The van der Waals surface area contributed by atoms with Crippen molar-refractivity contribution in [3.8, 4) is 0 Å². The zero-order valence-corrected chi connectivity index (χ0v) is 11.7. The van der Waals surface area contributed by atoms with Crippen molar-refractivity contribution in [2.45, 2.75) is 32.2 Å². The van der Waals surface area contributed by atoms with Crippen molar-refractivity contribution in [2.24, 2.45) is 7.05 Å². The largest absolute Gasteiger partial charge is 0.397 e. The summed E-state index contributed by atoms with van der Waals surface area (Å²) in [6.07, 6.45) is 7.70. The van der Waals surface area contributed by atoms with E-state index in [0.29, 0.717) is 0 Å². The van der Waals surface area contributed by atoms with Gasteiger partial charge in [-0.25, -0.2) is 0 Å². The molecule has 0 bridgehead atoms. The minimum Gasteiger partial charge on any atom is -0.397 e. The van der Waals surface area contributed by atoms with Crippen LogP contribution in [0, 0.1) is 0 Å². The molecule has 1 fully saturated rings. The third kappa shape index (κ3) is 2.47. The lowest BCUT2D eigenvalue weighted by molar-refractivity contribution is 0.278. The molecule has 19 heavy (non-hydrogen) atoms. The van der Waals surface area contributed by atoms with Crippen molar-refractivity contribution in [3.05, 3.63) is 30.0 Å². The first kappa shape index (κ1) is 12.5. The number of nitrogen functional groups attached to an aromatic ring is 1. The third-order valence-corrected chi connectivity index (χ3v) is 4.21. The summed E-state index contributed by atoms with van der Waals surface area (Å²) in [5.41, 5.74) is 9.55. The van der Waals surface area contributed by atoms with Crippen LogP contribution in [0.1, 0.15) is 31.2 Å². The van der Waals surface area contributed by atoms with Gasteiger partial charge >= 0.3 is 0 Å². The Morgan fingerprint density at radius 2 is 1.84 bits per heavy atom. The second-order valence-corrected chi connectivity index (χ2v) is 5.70. The number of likely N-dealkylation sites (tertiary alicyclic amines) is 1. The Bertz CT molecular complexity index is 563. The predicted molar refractivity (Wildman–Crippen MR) is 81.1 cm³/mol. The molecule has 2 aromatic rings. The van der Waals surface area contributed by atoms with Gasteiger partial charge in [0, 0.05) is 25.2 Å². The highest BCUT2D eigenvalue weighted by atomic mass is 15.1. The summed E-state index contributed by atoms with van der Waals surface area (Å²) in [6.45, 7) is 3.53. The smallest absolute Gasteiger partial charge is 0.0714 e. The normalized spacial score (nSPS) is 17.7. The van der Waals surface area contributed by atoms with Crippen LogP contribution >= 0.6 is 0 Å². The molecule has 1 aliphatic rings. The molecule has 0 amide bonds. The van der Waals surface area contributed by atoms with Gasteiger partial charge in [-0.1, -0.05) is 25.0 Å². The van der Waals surface area contributed by atoms with E-state index in [1.54, 1.807) is 0 Å². The van der Waals surface area contributed by atoms with E-state index in [1.165, 1.54) is 55.2 Å². The number of fused-ring (bicyclic) bond motifs is 1. The van der Waals surface area contributed by atoms with Crippen LogP contribution < -0.4 is 5.73 Å². The Morgan fingerprint density at radius 1 is 1.11 bits per heavy atom. The fraction of sp³-hybridized carbons (Fsp3) is 0.500. The van der Waals surface area contributed by atoms with Gasteiger partial charge < -0.3 is 10.3 Å². The highest BCUT2D eigenvalue weighted by molar-refractivity contribution is 5.93. The van der Waals surface area contributed by atoms with Crippen molar-refractivity contribution in [3.63, 3.8) is 0 Å². The molecule has 2 heterocycles. The molecule has 1 aliphatic heterocycles. The Hall–Kier alpha value is -1.48. The van der Waals surface area contributed by atoms with E-state index >= 15 is 0 Å². The van der Waals surface area contributed by atoms with E-state index in [4.69, 9.17) is 5.73 Å². The molecule has 0 radical (unpaired) electrons. The zero-order chi connectivity index (χ0) is 13.2. The number of aryl methyl sites for hydroxylation is 1. The van der Waals surface area contributed by atoms with Gasteiger partial charge in [-0.3, -0.25) is 4.90 Å². The van der Waals surface area contributed by atoms with Crippen molar-refractivity contribution in [1.82, 2.24) is 9.47 Å². The quantitative estimate of drug-likeness (QED) is 0.839. The number of nitrogens with two attached hydrogens (primary N) is 1. The third-order valence-electron chi connectivity index (χ3n) is 4.21. The molecular weight excluding hydrogens is 234 g/mol. The van der Waals surface area contributed by atoms with Gasteiger partial charge in [0.2, 0.25) is 0 Å². The number of nitrogens with zero attached hydrogens (tertiary/aromatic N) is 2. The van der Waals surface area contributed by atoms with Gasteiger partial charge in [0.25, 0.3) is 0 Å².